The lowest BCUT2D eigenvalue weighted by molar-refractivity contribution is -0.141. The summed E-state index contributed by atoms with van der Waals surface area (Å²) < 4.78 is 11.7. The number of likely N-dealkylation sites (tertiary alicyclic amines) is 1. The molecule has 184 valence electrons. The first-order chi connectivity index (χ1) is 16.4. The van der Waals surface area contributed by atoms with Crippen molar-refractivity contribution in [1.29, 1.82) is 0 Å². The maximum atomic E-state index is 13.1. The Morgan fingerprint density at radius 3 is 2.53 bits per heavy atom. The third-order valence-electron chi connectivity index (χ3n) is 6.79. The van der Waals surface area contributed by atoms with Gasteiger partial charge in [0.1, 0.15) is 11.9 Å². The van der Waals surface area contributed by atoms with Crippen molar-refractivity contribution in [2.24, 2.45) is 5.92 Å². The molecule has 0 bridgehead atoms. The zero-order valence-electron chi connectivity index (χ0n) is 19.9. The molecular weight excluding hydrogens is 456 g/mol. The van der Waals surface area contributed by atoms with Crippen LogP contribution in [-0.2, 0) is 20.7 Å². The van der Waals surface area contributed by atoms with Crippen LogP contribution in [-0.4, -0.2) is 77.3 Å². The van der Waals surface area contributed by atoms with E-state index in [0.29, 0.717) is 70.1 Å². The number of nitrogens with zero attached hydrogens (tertiary/aromatic N) is 3. The normalized spacial score (nSPS) is 20.9. The van der Waals surface area contributed by atoms with E-state index in [4.69, 9.17) is 21.1 Å². The molecule has 2 fully saturated rings. The van der Waals surface area contributed by atoms with E-state index in [1.807, 2.05) is 35.8 Å². The zero-order chi connectivity index (χ0) is 24.1. The number of aromatic nitrogens is 2. The zero-order valence-corrected chi connectivity index (χ0v) is 20.6. The van der Waals surface area contributed by atoms with Crippen molar-refractivity contribution in [3.05, 3.63) is 46.2 Å². The summed E-state index contributed by atoms with van der Waals surface area (Å²) in [5, 5.41) is 7.85. The van der Waals surface area contributed by atoms with Crippen LogP contribution in [0.4, 0.5) is 0 Å². The molecule has 34 heavy (non-hydrogen) atoms. The predicted molar refractivity (Wildman–Crippen MR) is 129 cm³/mol. The molecule has 2 amide bonds. The second-order valence-corrected chi connectivity index (χ2v) is 9.55. The largest absolute Gasteiger partial charge is 0.490 e. The minimum absolute atomic E-state index is 0.0823. The number of nitrogens with one attached hydrogen (secondary N) is 1. The maximum absolute atomic E-state index is 13.1. The SMILES string of the molecule is Cc1n[nH]c(C)c1CCC(=O)N1CC[C@H](Oc2ccc(Cl)cc2)[C@@H](CC(=O)N2CCOCC2)C1. The maximum Gasteiger partial charge on any atom is 0.223 e. The number of piperidine rings is 1. The number of carbonyl (C=O) groups excluding carboxylic acids is 2. The summed E-state index contributed by atoms with van der Waals surface area (Å²) >= 11 is 6.01. The van der Waals surface area contributed by atoms with Gasteiger partial charge >= 0.3 is 0 Å². The Labute approximate surface area is 205 Å². The highest BCUT2D eigenvalue weighted by Gasteiger charge is 2.35. The molecule has 0 unspecified atom stereocenters. The van der Waals surface area contributed by atoms with Crippen molar-refractivity contribution in [2.75, 3.05) is 39.4 Å². The van der Waals surface area contributed by atoms with E-state index in [1.54, 1.807) is 12.1 Å². The van der Waals surface area contributed by atoms with Gasteiger partial charge in [0.15, 0.2) is 0 Å². The monoisotopic (exact) mass is 488 g/mol. The van der Waals surface area contributed by atoms with Gasteiger partial charge in [0.05, 0.1) is 18.9 Å². The lowest BCUT2D eigenvalue weighted by Gasteiger charge is -2.39. The lowest BCUT2D eigenvalue weighted by atomic mass is 9.90. The Morgan fingerprint density at radius 2 is 1.85 bits per heavy atom. The molecule has 0 aliphatic carbocycles. The first-order valence-electron chi connectivity index (χ1n) is 12.0. The molecule has 8 nitrogen and oxygen atoms in total. The number of ether oxygens (including phenoxy) is 2. The van der Waals surface area contributed by atoms with Gasteiger partial charge in [-0.3, -0.25) is 14.7 Å². The number of carbonyl (C=O) groups is 2. The van der Waals surface area contributed by atoms with E-state index >= 15 is 0 Å². The van der Waals surface area contributed by atoms with Crippen LogP contribution in [0.5, 0.6) is 5.75 Å². The van der Waals surface area contributed by atoms with Crippen LogP contribution in [0.15, 0.2) is 24.3 Å². The molecule has 2 saturated heterocycles. The second-order valence-electron chi connectivity index (χ2n) is 9.11. The van der Waals surface area contributed by atoms with Crippen molar-refractivity contribution >= 4 is 23.4 Å². The Hall–Kier alpha value is -2.58. The van der Waals surface area contributed by atoms with Crippen LogP contribution >= 0.6 is 11.6 Å². The third kappa shape index (κ3) is 6.10. The lowest BCUT2D eigenvalue weighted by Crippen LogP contribution is -2.50. The van der Waals surface area contributed by atoms with Crippen molar-refractivity contribution < 1.29 is 19.1 Å². The smallest absolute Gasteiger partial charge is 0.223 e. The van der Waals surface area contributed by atoms with Crippen LogP contribution in [0.2, 0.25) is 5.02 Å². The van der Waals surface area contributed by atoms with E-state index in [1.165, 1.54) is 0 Å². The fourth-order valence-corrected chi connectivity index (χ4v) is 4.90. The van der Waals surface area contributed by atoms with Crippen LogP contribution in [0.3, 0.4) is 0 Å². The van der Waals surface area contributed by atoms with Gasteiger partial charge in [0, 0.05) is 62.1 Å². The number of aryl methyl sites for hydroxylation is 2. The highest BCUT2D eigenvalue weighted by Crippen LogP contribution is 2.28. The number of rotatable bonds is 7. The first kappa shape index (κ1) is 24.5. The summed E-state index contributed by atoms with van der Waals surface area (Å²) in [5.41, 5.74) is 3.05. The quantitative estimate of drug-likeness (QED) is 0.646. The molecule has 2 aromatic rings. The van der Waals surface area contributed by atoms with E-state index in [9.17, 15) is 9.59 Å². The van der Waals surface area contributed by atoms with Crippen molar-refractivity contribution in [3.63, 3.8) is 0 Å². The minimum atomic E-state index is -0.145. The topological polar surface area (TPSA) is 87.8 Å². The number of benzene rings is 1. The third-order valence-corrected chi connectivity index (χ3v) is 7.04. The van der Waals surface area contributed by atoms with E-state index in [-0.39, 0.29) is 23.8 Å². The average molecular weight is 489 g/mol. The number of hydrogen-bond acceptors (Lipinski definition) is 5. The van der Waals surface area contributed by atoms with Gasteiger partial charge in [-0.05, 0) is 50.1 Å². The minimum Gasteiger partial charge on any atom is -0.490 e. The number of hydrogen-bond donors (Lipinski definition) is 1. The van der Waals surface area contributed by atoms with Crippen LogP contribution in [0.25, 0.3) is 0 Å². The highest BCUT2D eigenvalue weighted by atomic mass is 35.5. The molecule has 2 atom stereocenters. The standard InChI is InChI=1S/C25H33ClN4O4/c1-17-22(18(2)28-27-17)7-8-24(31)30-10-9-23(34-21-5-3-20(26)4-6-21)19(16-30)15-25(32)29-11-13-33-14-12-29/h3-6,19,23H,7-16H2,1-2H3,(H,27,28)/t19-,23-/m0/s1. The molecule has 0 saturated carbocycles. The molecule has 3 heterocycles. The molecule has 0 radical (unpaired) electrons. The van der Waals surface area contributed by atoms with Gasteiger partial charge in [-0.2, -0.15) is 5.10 Å². The second kappa shape index (κ2) is 11.2. The Balaban J connectivity index is 1.41. The van der Waals surface area contributed by atoms with Gasteiger partial charge in [-0.1, -0.05) is 11.6 Å². The Kier molecular flexibility index (Phi) is 8.11. The van der Waals surface area contributed by atoms with E-state index in [0.717, 1.165) is 22.7 Å². The molecule has 2 aliphatic rings. The fraction of sp³-hybridized carbons (Fsp3) is 0.560. The summed E-state index contributed by atoms with van der Waals surface area (Å²) in [5.74, 6) is 0.843. The number of aromatic amines is 1. The molecule has 2 aliphatic heterocycles. The molecule has 1 aromatic carbocycles. The van der Waals surface area contributed by atoms with Crippen LogP contribution in [0, 0.1) is 19.8 Å². The number of morpholine rings is 1. The summed E-state index contributed by atoms with van der Waals surface area (Å²) in [6, 6.07) is 7.28. The van der Waals surface area contributed by atoms with E-state index < -0.39 is 0 Å². The highest BCUT2D eigenvalue weighted by molar-refractivity contribution is 6.30. The number of amides is 2. The number of H-pyrrole nitrogens is 1. The summed E-state index contributed by atoms with van der Waals surface area (Å²) in [6.07, 6.45) is 1.97. The van der Waals surface area contributed by atoms with Crippen molar-refractivity contribution in [3.8, 4) is 5.75 Å². The van der Waals surface area contributed by atoms with E-state index in [2.05, 4.69) is 10.2 Å². The van der Waals surface area contributed by atoms with Crippen molar-refractivity contribution in [2.45, 2.75) is 45.6 Å². The average Bonchev–Trinajstić information content (AvgIpc) is 3.17. The molecular formula is C25H33ClN4O4. The van der Waals surface area contributed by atoms with Gasteiger partial charge < -0.3 is 19.3 Å². The summed E-state index contributed by atoms with van der Waals surface area (Å²) in [7, 11) is 0. The van der Waals surface area contributed by atoms with Gasteiger partial charge in [0.2, 0.25) is 11.8 Å². The predicted octanol–water partition coefficient (Wildman–Crippen LogP) is 3.16. The van der Waals surface area contributed by atoms with Crippen LogP contribution in [0.1, 0.15) is 36.2 Å². The molecule has 0 spiro atoms. The van der Waals surface area contributed by atoms with Crippen molar-refractivity contribution in [1.82, 2.24) is 20.0 Å². The Bertz CT molecular complexity index is 968. The first-order valence-corrected chi connectivity index (χ1v) is 12.3. The fourth-order valence-electron chi connectivity index (χ4n) is 4.77. The molecule has 1 N–H and O–H groups in total. The van der Waals surface area contributed by atoms with Gasteiger partial charge in [-0.15, -0.1) is 0 Å². The van der Waals surface area contributed by atoms with Gasteiger partial charge in [-0.25, -0.2) is 0 Å². The van der Waals surface area contributed by atoms with Crippen LogP contribution < -0.4 is 4.74 Å². The summed E-state index contributed by atoms with van der Waals surface area (Å²) in [4.78, 5) is 29.9. The molecule has 9 heteroatoms. The summed E-state index contributed by atoms with van der Waals surface area (Å²) in [6.45, 7) is 7.42. The molecule has 1 aromatic heterocycles. The van der Waals surface area contributed by atoms with Gasteiger partial charge in [0.25, 0.3) is 0 Å². The Morgan fingerprint density at radius 1 is 1.12 bits per heavy atom. The molecule has 4 rings (SSSR count). The number of halogens is 1.